The van der Waals surface area contributed by atoms with Crippen LogP contribution in [0, 0.1) is 27.3 Å². The van der Waals surface area contributed by atoms with Crippen LogP contribution >= 0.6 is 0 Å². The number of hydrogen-bond donors (Lipinski definition) is 0. The van der Waals surface area contributed by atoms with Crippen LogP contribution in [0.2, 0.25) is 0 Å². The second-order valence-corrected chi connectivity index (χ2v) is 4.04. The molecule has 0 N–H and O–H groups in total. The number of halogens is 1. The number of non-ortho nitro benzene ring substituents is 1. The van der Waals surface area contributed by atoms with E-state index >= 15 is 0 Å². The lowest BCUT2D eigenvalue weighted by atomic mass is 10.2. The lowest BCUT2D eigenvalue weighted by Gasteiger charge is -2.06. The molecule has 0 aliphatic rings. The molecule has 0 fully saturated rings. The lowest BCUT2D eigenvalue weighted by molar-refractivity contribution is -0.385. The molecular weight excluding hydrogens is 265 g/mol. The molecule has 0 saturated heterocycles. The third kappa shape index (κ3) is 2.70. The molecule has 0 amide bonds. The third-order valence-electron chi connectivity index (χ3n) is 2.65. The van der Waals surface area contributed by atoms with Crippen LogP contribution < -0.4 is 5.56 Å². The molecular formula is C13H8FN3O3. The van der Waals surface area contributed by atoms with Gasteiger partial charge in [0, 0.05) is 12.3 Å². The van der Waals surface area contributed by atoms with Gasteiger partial charge in [0.1, 0.15) is 17.4 Å². The van der Waals surface area contributed by atoms with Crippen molar-refractivity contribution in [2.24, 2.45) is 0 Å². The highest BCUT2D eigenvalue weighted by Gasteiger charge is 2.11. The number of nitriles is 1. The van der Waals surface area contributed by atoms with Crippen LogP contribution in [0.3, 0.4) is 0 Å². The second kappa shape index (κ2) is 5.32. The van der Waals surface area contributed by atoms with E-state index in [1.807, 2.05) is 0 Å². The molecule has 1 heterocycles. The van der Waals surface area contributed by atoms with Gasteiger partial charge in [0.05, 0.1) is 17.5 Å². The summed E-state index contributed by atoms with van der Waals surface area (Å²) in [6.07, 6.45) is 1.43. The first-order chi connectivity index (χ1) is 9.51. The SMILES string of the molecule is N#Cc1cccn(Cc2cc(F)cc([N+](=O)[O-])c2)c1=O. The van der Waals surface area contributed by atoms with E-state index in [1.165, 1.54) is 29.0 Å². The summed E-state index contributed by atoms with van der Waals surface area (Å²) in [5.74, 6) is -0.751. The maximum Gasteiger partial charge on any atom is 0.272 e. The largest absolute Gasteiger partial charge is 0.310 e. The quantitative estimate of drug-likeness (QED) is 0.630. The van der Waals surface area contributed by atoms with Gasteiger partial charge in [-0.25, -0.2) is 4.39 Å². The predicted molar refractivity (Wildman–Crippen MR) is 67.6 cm³/mol. The van der Waals surface area contributed by atoms with Gasteiger partial charge in [-0.1, -0.05) is 0 Å². The second-order valence-electron chi connectivity index (χ2n) is 4.04. The van der Waals surface area contributed by atoms with Crippen LogP contribution in [0.5, 0.6) is 0 Å². The van der Waals surface area contributed by atoms with Gasteiger partial charge >= 0.3 is 0 Å². The first-order valence-electron chi connectivity index (χ1n) is 5.54. The summed E-state index contributed by atoms with van der Waals surface area (Å²) in [5.41, 5.74) is -0.682. The lowest BCUT2D eigenvalue weighted by Crippen LogP contribution is -2.22. The van der Waals surface area contributed by atoms with Crippen LogP contribution in [0.15, 0.2) is 41.3 Å². The molecule has 0 radical (unpaired) electrons. The molecule has 0 unspecified atom stereocenters. The van der Waals surface area contributed by atoms with E-state index < -0.39 is 16.3 Å². The fourth-order valence-corrected chi connectivity index (χ4v) is 1.77. The van der Waals surface area contributed by atoms with E-state index in [0.29, 0.717) is 0 Å². The molecule has 2 aromatic rings. The van der Waals surface area contributed by atoms with Crippen molar-refractivity contribution in [1.82, 2.24) is 4.57 Å². The molecule has 1 aromatic heterocycles. The van der Waals surface area contributed by atoms with E-state index in [9.17, 15) is 19.3 Å². The van der Waals surface area contributed by atoms with Crippen molar-refractivity contribution in [3.8, 4) is 6.07 Å². The number of hydrogen-bond acceptors (Lipinski definition) is 4. The molecule has 1 aromatic carbocycles. The van der Waals surface area contributed by atoms with Crippen molar-refractivity contribution in [3.05, 3.63) is 73.9 Å². The molecule has 0 saturated carbocycles. The van der Waals surface area contributed by atoms with E-state index in [0.717, 1.165) is 12.1 Å². The summed E-state index contributed by atoms with van der Waals surface area (Å²) in [6, 6.07) is 7.72. The molecule has 2 rings (SSSR count). The van der Waals surface area contributed by atoms with Crippen molar-refractivity contribution in [2.45, 2.75) is 6.54 Å². The summed E-state index contributed by atoms with van der Waals surface area (Å²) < 4.78 is 14.5. The average Bonchev–Trinajstić information content (AvgIpc) is 2.40. The minimum atomic E-state index is -0.751. The number of nitrogens with zero attached hydrogens (tertiary/aromatic N) is 3. The molecule has 100 valence electrons. The zero-order valence-corrected chi connectivity index (χ0v) is 10.1. The molecule has 0 bridgehead atoms. The number of nitro groups is 1. The molecule has 0 aliphatic carbocycles. The Bertz CT molecular complexity index is 777. The van der Waals surface area contributed by atoms with Crippen LogP contribution in [-0.4, -0.2) is 9.49 Å². The van der Waals surface area contributed by atoms with E-state index in [2.05, 4.69) is 0 Å². The average molecular weight is 273 g/mol. The van der Waals surface area contributed by atoms with Gasteiger partial charge in [-0.3, -0.25) is 14.9 Å². The van der Waals surface area contributed by atoms with Gasteiger partial charge in [0.15, 0.2) is 0 Å². The summed E-state index contributed by atoms with van der Waals surface area (Å²) in [4.78, 5) is 21.8. The van der Waals surface area contributed by atoms with E-state index in [1.54, 1.807) is 6.07 Å². The Labute approximate surface area is 112 Å². The minimum Gasteiger partial charge on any atom is -0.310 e. The highest BCUT2D eigenvalue weighted by atomic mass is 19.1. The van der Waals surface area contributed by atoms with Gasteiger partial charge in [0.25, 0.3) is 11.2 Å². The summed E-state index contributed by atoms with van der Waals surface area (Å²) >= 11 is 0. The van der Waals surface area contributed by atoms with Gasteiger partial charge in [-0.05, 0) is 23.8 Å². The highest BCUT2D eigenvalue weighted by molar-refractivity contribution is 5.35. The Morgan fingerprint density at radius 1 is 1.40 bits per heavy atom. The maximum atomic E-state index is 13.3. The fourth-order valence-electron chi connectivity index (χ4n) is 1.77. The Morgan fingerprint density at radius 3 is 2.80 bits per heavy atom. The van der Waals surface area contributed by atoms with Gasteiger partial charge in [0.2, 0.25) is 0 Å². The Hall–Kier alpha value is -3.01. The summed E-state index contributed by atoms with van der Waals surface area (Å²) in [7, 11) is 0. The monoisotopic (exact) mass is 273 g/mol. The summed E-state index contributed by atoms with van der Waals surface area (Å²) in [6.45, 7) is -0.0487. The smallest absolute Gasteiger partial charge is 0.272 e. The van der Waals surface area contributed by atoms with Gasteiger partial charge < -0.3 is 4.57 Å². The number of nitro benzene ring substituents is 1. The Morgan fingerprint density at radius 2 is 2.15 bits per heavy atom. The number of rotatable bonds is 3. The maximum absolute atomic E-state index is 13.3. The first kappa shape index (κ1) is 13.4. The number of aromatic nitrogens is 1. The molecule has 6 nitrogen and oxygen atoms in total. The Balaban J connectivity index is 2.43. The van der Waals surface area contributed by atoms with Crippen LogP contribution in [-0.2, 0) is 6.54 Å². The van der Waals surface area contributed by atoms with Crippen LogP contribution in [0.1, 0.15) is 11.1 Å². The normalized spacial score (nSPS) is 10.0. The first-order valence-corrected chi connectivity index (χ1v) is 5.54. The van der Waals surface area contributed by atoms with E-state index in [4.69, 9.17) is 5.26 Å². The minimum absolute atomic E-state index is 0.0431. The van der Waals surface area contributed by atoms with Crippen molar-refractivity contribution in [3.63, 3.8) is 0 Å². The van der Waals surface area contributed by atoms with Crippen molar-refractivity contribution in [1.29, 1.82) is 5.26 Å². The van der Waals surface area contributed by atoms with Crippen LogP contribution in [0.25, 0.3) is 0 Å². The standard InChI is InChI=1S/C13H8FN3O3/c14-11-4-9(5-12(6-11)17(19)20)8-16-3-1-2-10(7-15)13(16)18/h1-6H,8H2. The molecule has 0 spiro atoms. The van der Waals surface area contributed by atoms with Gasteiger partial charge in [-0.15, -0.1) is 0 Å². The third-order valence-corrected chi connectivity index (χ3v) is 2.65. The van der Waals surface area contributed by atoms with Crippen molar-refractivity contribution < 1.29 is 9.31 Å². The van der Waals surface area contributed by atoms with E-state index in [-0.39, 0.29) is 23.4 Å². The zero-order valence-electron chi connectivity index (χ0n) is 10.1. The Kier molecular flexibility index (Phi) is 3.57. The predicted octanol–water partition coefficient (Wildman–Crippen LogP) is 1.82. The molecule has 20 heavy (non-hydrogen) atoms. The number of pyridine rings is 1. The molecule has 7 heteroatoms. The topological polar surface area (TPSA) is 88.9 Å². The fraction of sp³-hybridized carbons (Fsp3) is 0.0769. The summed E-state index contributed by atoms with van der Waals surface area (Å²) in [5, 5.41) is 19.4. The van der Waals surface area contributed by atoms with Gasteiger partial charge in [-0.2, -0.15) is 5.26 Å². The molecule has 0 aliphatic heterocycles. The van der Waals surface area contributed by atoms with Crippen molar-refractivity contribution in [2.75, 3.05) is 0 Å². The zero-order chi connectivity index (χ0) is 14.7. The van der Waals surface area contributed by atoms with Crippen molar-refractivity contribution >= 4 is 5.69 Å². The number of benzene rings is 1. The molecule has 0 atom stereocenters. The van der Waals surface area contributed by atoms with Crippen LogP contribution in [0.4, 0.5) is 10.1 Å². The highest BCUT2D eigenvalue weighted by Crippen LogP contribution is 2.16.